The Labute approximate surface area is 185 Å². The number of carbonyl (C=O) groups is 3. The van der Waals surface area contributed by atoms with E-state index >= 15 is 0 Å². The molecule has 0 aromatic rings. The average molecular weight is 490 g/mol. The smallest absolute Gasteiger partial charge is 0.244 e. The number of aliphatic hydroxyl groups excluding tert-OH is 1. The van der Waals surface area contributed by atoms with Gasteiger partial charge in [0, 0.05) is 36.3 Å². The molecule has 4 unspecified atom stereocenters. The molecule has 3 N–H and O–H groups in total. The number of alkyl halides is 1. The minimum atomic E-state index is -0.581. The van der Waals surface area contributed by atoms with Crippen molar-refractivity contribution in [3.63, 3.8) is 0 Å². The Hall–Kier alpha value is -0.800. The van der Waals surface area contributed by atoms with E-state index < -0.39 is 22.6 Å². The van der Waals surface area contributed by atoms with Crippen LogP contribution in [0.1, 0.15) is 46.0 Å². The van der Waals surface area contributed by atoms with Crippen molar-refractivity contribution in [1.29, 1.82) is 0 Å². The van der Waals surface area contributed by atoms with Crippen molar-refractivity contribution in [2.24, 2.45) is 11.8 Å². The molecule has 3 aliphatic heterocycles. The molecular formula is C20H32BrN3O4S. The summed E-state index contributed by atoms with van der Waals surface area (Å²) in [6.45, 7) is 4.55. The van der Waals surface area contributed by atoms with Crippen molar-refractivity contribution in [2.45, 2.75) is 72.9 Å². The standard InChI is InChI=1S/C20H32BrN3O4S/c1-4-7-11(2)23-18(27)16-20-10-12(21)15(29-20)13(17(26)22-3)14(20)19(28)24(16)8-5-6-9-25/h11-16,25H,4-10H2,1-3H3,(H,22,26)(H,23,27)/t11?,12?,13-,14+,15-,16?,20?/m1/s1. The van der Waals surface area contributed by atoms with Gasteiger partial charge in [0.15, 0.2) is 0 Å². The number of fused-ring (bicyclic) bond motifs is 1. The molecule has 3 fully saturated rings. The molecule has 7 nitrogen and oxygen atoms in total. The van der Waals surface area contributed by atoms with Gasteiger partial charge in [0.25, 0.3) is 0 Å². The van der Waals surface area contributed by atoms with E-state index in [1.54, 1.807) is 23.7 Å². The number of rotatable bonds is 9. The van der Waals surface area contributed by atoms with Crippen LogP contribution in [0.15, 0.2) is 0 Å². The summed E-state index contributed by atoms with van der Waals surface area (Å²) in [6, 6.07) is -0.543. The molecule has 7 atom stereocenters. The van der Waals surface area contributed by atoms with Crippen LogP contribution in [-0.2, 0) is 14.4 Å². The minimum absolute atomic E-state index is 0.00754. The molecule has 0 saturated carbocycles. The van der Waals surface area contributed by atoms with Crippen LogP contribution in [-0.4, -0.2) is 74.8 Å². The van der Waals surface area contributed by atoms with Gasteiger partial charge in [-0.3, -0.25) is 14.4 Å². The molecule has 0 radical (unpaired) electrons. The topological polar surface area (TPSA) is 98.7 Å². The van der Waals surface area contributed by atoms with Crippen molar-refractivity contribution in [3.05, 3.63) is 0 Å². The van der Waals surface area contributed by atoms with Gasteiger partial charge in [-0.05, 0) is 32.6 Å². The molecule has 3 saturated heterocycles. The van der Waals surface area contributed by atoms with Gasteiger partial charge >= 0.3 is 0 Å². The summed E-state index contributed by atoms with van der Waals surface area (Å²) in [4.78, 5) is 41.4. The van der Waals surface area contributed by atoms with Crippen LogP contribution in [0.4, 0.5) is 0 Å². The van der Waals surface area contributed by atoms with Crippen LogP contribution in [0.25, 0.3) is 0 Å². The number of hydrogen-bond acceptors (Lipinski definition) is 5. The summed E-state index contributed by atoms with van der Waals surface area (Å²) < 4.78 is -0.581. The normalized spacial score (nSPS) is 36.2. The first-order chi connectivity index (χ1) is 13.8. The van der Waals surface area contributed by atoms with Crippen LogP contribution < -0.4 is 10.6 Å². The second-order valence-corrected chi connectivity index (χ2v) is 11.2. The number of hydrogen-bond donors (Lipinski definition) is 3. The monoisotopic (exact) mass is 489 g/mol. The Morgan fingerprint density at radius 3 is 2.72 bits per heavy atom. The number of unbranched alkanes of at least 4 members (excludes halogenated alkanes) is 1. The lowest BCUT2D eigenvalue weighted by molar-refractivity contribution is -0.140. The first-order valence-corrected chi connectivity index (χ1v) is 12.4. The summed E-state index contributed by atoms with van der Waals surface area (Å²) in [6.07, 6.45) is 3.76. The Morgan fingerprint density at radius 2 is 2.10 bits per heavy atom. The maximum atomic E-state index is 13.5. The van der Waals surface area contributed by atoms with E-state index in [1.807, 2.05) is 6.92 Å². The molecule has 29 heavy (non-hydrogen) atoms. The second kappa shape index (κ2) is 9.14. The molecule has 0 aromatic carbocycles. The van der Waals surface area contributed by atoms with Crippen molar-refractivity contribution in [1.82, 2.24) is 15.5 Å². The fourth-order valence-corrected chi connectivity index (χ4v) is 8.97. The number of nitrogens with zero attached hydrogens (tertiary/aromatic N) is 1. The van der Waals surface area contributed by atoms with E-state index in [-0.39, 0.29) is 40.4 Å². The fraction of sp³-hybridized carbons (Fsp3) is 0.850. The molecule has 1 spiro atoms. The van der Waals surface area contributed by atoms with Gasteiger partial charge in [0.2, 0.25) is 17.7 Å². The number of likely N-dealkylation sites (tertiary alicyclic amines) is 1. The number of carbonyl (C=O) groups excluding carboxylic acids is 3. The van der Waals surface area contributed by atoms with E-state index in [0.717, 1.165) is 12.8 Å². The Kier molecular flexibility index (Phi) is 7.21. The van der Waals surface area contributed by atoms with Gasteiger partial charge < -0.3 is 20.6 Å². The number of thioether (sulfide) groups is 1. The molecule has 9 heteroatoms. The zero-order valence-electron chi connectivity index (χ0n) is 17.3. The highest BCUT2D eigenvalue weighted by Crippen LogP contribution is 2.67. The summed E-state index contributed by atoms with van der Waals surface area (Å²) in [7, 11) is 1.60. The fourth-order valence-electron chi connectivity index (χ4n) is 5.36. The Morgan fingerprint density at radius 1 is 1.38 bits per heavy atom. The Balaban J connectivity index is 1.95. The molecule has 3 amide bonds. The molecule has 3 heterocycles. The van der Waals surface area contributed by atoms with Crippen molar-refractivity contribution in [2.75, 3.05) is 20.2 Å². The van der Waals surface area contributed by atoms with Gasteiger partial charge in [-0.25, -0.2) is 0 Å². The van der Waals surface area contributed by atoms with Gasteiger partial charge in [-0.2, -0.15) is 0 Å². The third-order valence-electron chi connectivity index (χ3n) is 6.50. The largest absolute Gasteiger partial charge is 0.396 e. The summed E-state index contributed by atoms with van der Waals surface area (Å²) in [5, 5.41) is 15.0. The first kappa shape index (κ1) is 22.9. The van der Waals surface area contributed by atoms with Crippen molar-refractivity contribution < 1.29 is 19.5 Å². The van der Waals surface area contributed by atoms with E-state index in [9.17, 15) is 14.4 Å². The summed E-state index contributed by atoms with van der Waals surface area (Å²) in [5.41, 5.74) is 0. The van der Waals surface area contributed by atoms with Crippen LogP contribution in [0.5, 0.6) is 0 Å². The molecule has 0 aliphatic carbocycles. The van der Waals surface area contributed by atoms with Gasteiger partial charge in [0.05, 0.1) is 16.6 Å². The second-order valence-electron chi connectivity index (χ2n) is 8.44. The van der Waals surface area contributed by atoms with E-state index in [4.69, 9.17) is 5.11 Å². The van der Waals surface area contributed by atoms with Crippen LogP contribution >= 0.6 is 27.7 Å². The average Bonchev–Trinajstić information content (AvgIpc) is 3.25. The predicted octanol–water partition coefficient (Wildman–Crippen LogP) is 1.27. The number of halogens is 1. The lowest BCUT2D eigenvalue weighted by Crippen LogP contribution is -2.56. The molecular weight excluding hydrogens is 458 g/mol. The van der Waals surface area contributed by atoms with Gasteiger partial charge in [-0.1, -0.05) is 29.3 Å². The maximum Gasteiger partial charge on any atom is 0.244 e. The highest BCUT2D eigenvalue weighted by molar-refractivity contribution is 9.09. The van der Waals surface area contributed by atoms with Crippen LogP contribution in [0, 0.1) is 11.8 Å². The third-order valence-corrected chi connectivity index (χ3v) is 9.72. The quantitative estimate of drug-likeness (QED) is 0.334. The first-order valence-electron chi connectivity index (χ1n) is 10.6. The summed E-state index contributed by atoms with van der Waals surface area (Å²) in [5.74, 6) is -1.23. The highest BCUT2D eigenvalue weighted by Gasteiger charge is 2.75. The van der Waals surface area contributed by atoms with Crippen molar-refractivity contribution >= 4 is 45.4 Å². The minimum Gasteiger partial charge on any atom is -0.396 e. The summed E-state index contributed by atoms with van der Waals surface area (Å²) >= 11 is 5.38. The zero-order chi connectivity index (χ0) is 21.3. The van der Waals surface area contributed by atoms with E-state index in [0.29, 0.717) is 25.8 Å². The van der Waals surface area contributed by atoms with Gasteiger partial charge in [0.1, 0.15) is 6.04 Å². The van der Waals surface area contributed by atoms with Crippen LogP contribution in [0.3, 0.4) is 0 Å². The van der Waals surface area contributed by atoms with Crippen LogP contribution in [0.2, 0.25) is 0 Å². The molecule has 0 aromatic heterocycles. The zero-order valence-corrected chi connectivity index (χ0v) is 19.7. The van der Waals surface area contributed by atoms with Gasteiger partial charge in [-0.15, -0.1) is 11.8 Å². The number of aliphatic hydroxyl groups is 1. The molecule has 3 rings (SSSR count). The Bertz CT molecular complexity index is 666. The third kappa shape index (κ3) is 3.82. The lowest BCUT2D eigenvalue weighted by atomic mass is 9.70. The molecule has 3 aliphatic rings. The highest BCUT2D eigenvalue weighted by atomic mass is 79.9. The number of nitrogens with one attached hydrogen (secondary N) is 2. The predicted molar refractivity (Wildman–Crippen MR) is 117 cm³/mol. The molecule has 2 bridgehead atoms. The van der Waals surface area contributed by atoms with Crippen molar-refractivity contribution in [3.8, 4) is 0 Å². The van der Waals surface area contributed by atoms with E-state index in [2.05, 4.69) is 33.5 Å². The maximum absolute atomic E-state index is 13.5. The lowest BCUT2D eigenvalue weighted by Gasteiger charge is -2.35. The van der Waals surface area contributed by atoms with E-state index in [1.165, 1.54) is 0 Å². The number of amides is 3. The molecule has 164 valence electrons. The SMILES string of the molecule is CCCC(C)NC(=O)C1N(CCCCO)C(=O)[C@@H]2[C@@H](C(=O)NC)[C@@H]3SC12CC3Br.